The number of hydrogen-bond donors (Lipinski definition) is 1. The third-order valence-corrected chi connectivity index (χ3v) is 3.19. The van der Waals surface area contributed by atoms with Gasteiger partial charge in [0.05, 0.1) is 0 Å². The third-order valence-electron chi connectivity index (χ3n) is 3.19. The molecule has 2 aliphatic rings. The molecule has 5 heteroatoms. The summed E-state index contributed by atoms with van der Waals surface area (Å²) >= 11 is 0. The molecule has 2 aliphatic heterocycles. The number of piperazine rings is 1. The van der Waals surface area contributed by atoms with E-state index in [1.54, 1.807) is 12.1 Å². The van der Waals surface area contributed by atoms with Crippen LogP contribution in [0, 0.1) is 0 Å². The van der Waals surface area contributed by atoms with E-state index < -0.39 is 0 Å². The lowest BCUT2D eigenvalue weighted by Gasteiger charge is -2.28. The number of carbonyl (C=O) groups is 1. The van der Waals surface area contributed by atoms with Crippen LogP contribution in [0.4, 0.5) is 0 Å². The molecule has 3 rings (SSSR count). The Kier molecular flexibility index (Phi) is 3.06. The topological polar surface area (TPSA) is 50.8 Å². The molecule has 0 unspecified atom stereocenters. The van der Waals surface area contributed by atoms with Crippen molar-refractivity contribution >= 4 is 5.91 Å². The quantitative estimate of drug-likeness (QED) is 0.786. The van der Waals surface area contributed by atoms with Gasteiger partial charge in [0.15, 0.2) is 11.5 Å². The zero-order chi connectivity index (χ0) is 12.4. The molecular weight excluding hydrogens is 232 g/mol. The van der Waals surface area contributed by atoms with Crippen molar-refractivity contribution in [2.75, 3.05) is 39.4 Å². The van der Waals surface area contributed by atoms with E-state index in [0.29, 0.717) is 24.5 Å². The number of nitrogens with zero attached hydrogens (tertiary/aromatic N) is 1. The Morgan fingerprint density at radius 2 is 1.83 bits per heavy atom. The molecule has 1 N–H and O–H groups in total. The van der Waals surface area contributed by atoms with E-state index in [0.717, 1.165) is 31.9 Å². The van der Waals surface area contributed by atoms with Crippen LogP contribution in [0.5, 0.6) is 11.5 Å². The largest absolute Gasteiger partial charge is 0.486 e. The van der Waals surface area contributed by atoms with E-state index in [9.17, 15) is 4.79 Å². The molecule has 1 amide bonds. The monoisotopic (exact) mass is 248 g/mol. The second-order valence-corrected chi connectivity index (χ2v) is 4.40. The van der Waals surface area contributed by atoms with Gasteiger partial charge in [0, 0.05) is 31.7 Å². The van der Waals surface area contributed by atoms with Crippen LogP contribution in [0.1, 0.15) is 10.4 Å². The predicted octanol–water partition coefficient (Wildman–Crippen LogP) is 0.503. The Morgan fingerprint density at radius 3 is 2.61 bits per heavy atom. The second-order valence-electron chi connectivity index (χ2n) is 4.40. The SMILES string of the molecule is O=C(c1ccc2c(c1)OCCO2)N1CCNCC1. The fraction of sp³-hybridized carbons (Fsp3) is 0.462. The van der Waals surface area contributed by atoms with Crippen molar-refractivity contribution in [1.29, 1.82) is 0 Å². The number of amides is 1. The van der Waals surface area contributed by atoms with Crippen LogP contribution in [0.2, 0.25) is 0 Å². The average molecular weight is 248 g/mol. The molecule has 0 bridgehead atoms. The fourth-order valence-electron chi connectivity index (χ4n) is 2.23. The highest BCUT2D eigenvalue weighted by molar-refractivity contribution is 5.95. The summed E-state index contributed by atoms with van der Waals surface area (Å²) in [6.45, 7) is 4.34. The van der Waals surface area contributed by atoms with E-state index >= 15 is 0 Å². The first-order valence-corrected chi connectivity index (χ1v) is 6.24. The van der Waals surface area contributed by atoms with E-state index in [1.165, 1.54) is 0 Å². The van der Waals surface area contributed by atoms with Gasteiger partial charge in [-0.3, -0.25) is 4.79 Å². The average Bonchev–Trinajstić information content (AvgIpc) is 2.47. The highest BCUT2D eigenvalue weighted by Crippen LogP contribution is 2.31. The van der Waals surface area contributed by atoms with Crippen LogP contribution in [0.15, 0.2) is 18.2 Å². The molecule has 18 heavy (non-hydrogen) atoms. The van der Waals surface area contributed by atoms with Gasteiger partial charge in [-0.25, -0.2) is 0 Å². The van der Waals surface area contributed by atoms with E-state index in [-0.39, 0.29) is 5.91 Å². The van der Waals surface area contributed by atoms with Crippen molar-refractivity contribution in [2.24, 2.45) is 0 Å². The maximum atomic E-state index is 12.3. The molecule has 0 saturated carbocycles. The van der Waals surface area contributed by atoms with Crippen molar-refractivity contribution in [2.45, 2.75) is 0 Å². The maximum Gasteiger partial charge on any atom is 0.254 e. The molecule has 1 aromatic rings. The number of fused-ring (bicyclic) bond motifs is 1. The van der Waals surface area contributed by atoms with E-state index in [1.807, 2.05) is 11.0 Å². The third kappa shape index (κ3) is 2.13. The lowest BCUT2D eigenvalue weighted by atomic mass is 10.1. The Balaban J connectivity index is 1.80. The van der Waals surface area contributed by atoms with Gasteiger partial charge in [0.1, 0.15) is 13.2 Å². The minimum absolute atomic E-state index is 0.0634. The van der Waals surface area contributed by atoms with Crippen LogP contribution in [0.25, 0.3) is 0 Å². The first-order valence-electron chi connectivity index (χ1n) is 6.24. The standard InChI is InChI=1S/C13H16N2O3/c16-13(15-5-3-14-4-6-15)10-1-2-11-12(9-10)18-8-7-17-11/h1-2,9,14H,3-8H2. The lowest BCUT2D eigenvalue weighted by Crippen LogP contribution is -2.46. The van der Waals surface area contributed by atoms with Gasteiger partial charge in [-0.1, -0.05) is 0 Å². The number of carbonyl (C=O) groups excluding carboxylic acids is 1. The van der Waals surface area contributed by atoms with Gasteiger partial charge in [0.2, 0.25) is 0 Å². The minimum Gasteiger partial charge on any atom is -0.486 e. The number of rotatable bonds is 1. The summed E-state index contributed by atoms with van der Waals surface area (Å²) in [6, 6.07) is 5.39. The molecule has 5 nitrogen and oxygen atoms in total. The molecule has 1 fully saturated rings. The normalized spacial score (nSPS) is 18.6. The van der Waals surface area contributed by atoms with Crippen molar-refractivity contribution in [3.05, 3.63) is 23.8 Å². The van der Waals surface area contributed by atoms with Crippen molar-refractivity contribution < 1.29 is 14.3 Å². The highest BCUT2D eigenvalue weighted by atomic mass is 16.6. The number of ether oxygens (including phenoxy) is 2. The first kappa shape index (κ1) is 11.3. The lowest BCUT2D eigenvalue weighted by molar-refractivity contribution is 0.0734. The van der Waals surface area contributed by atoms with Gasteiger partial charge >= 0.3 is 0 Å². The summed E-state index contributed by atoms with van der Waals surface area (Å²) in [5, 5.41) is 3.23. The Morgan fingerprint density at radius 1 is 1.11 bits per heavy atom. The molecule has 96 valence electrons. The molecule has 1 saturated heterocycles. The summed E-state index contributed by atoms with van der Waals surface area (Å²) < 4.78 is 10.9. The molecule has 0 atom stereocenters. The van der Waals surface area contributed by atoms with Crippen molar-refractivity contribution in [1.82, 2.24) is 10.2 Å². The van der Waals surface area contributed by atoms with Crippen LogP contribution < -0.4 is 14.8 Å². The fourth-order valence-corrected chi connectivity index (χ4v) is 2.23. The predicted molar refractivity (Wildman–Crippen MR) is 66.2 cm³/mol. The van der Waals surface area contributed by atoms with E-state index in [2.05, 4.69) is 5.32 Å². The minimum atomic E-state index is 0.0634. The molecule has 0 radical (unpaired) electrons. The van der Waals surface area contributed by atoms with Gasteiger partial charge in [-0.05, 0) is 18.2 Å². The van der Waals surface area contributed by atoms with Crippen LogP contribution in [-0.2, 0) is 0 Å². The molecule has 2 heterocycles. The van der Waals surface area contributed by atoms with Gasteiger partial charge in [-0.2, -0.15) is 0 Å². The number of nitrogens with one attached hydrogen (secondary N) is 1. The number of hydrogen-bond acceptors (Lipinski definition) is 4. The van der Waals surface area contributed by atoms with Crippen LogP contribution in [-0.4, -0.2) is 50.2 Å². The van der Waals surface area contributed by atoms with Crippen LogP contribution >= 0.6 is 0 Å². The van der Waals surface area contributed by atoms with Crippen molar-refractivity contribution in [3.63, 3.8) is 0 Å². The smallest absolute Gasteiger partial charge is 0.254 e. The molecule has 0 aromatic heterocycles. The Bertz CT molecular complexity index is 456. The van der Waals surface area contributed by atoms with E-state index in [4.69, 9.17) is 9.47 Å². The van der Waals surface area contributed by atoms with Gasteiger partial charge in [0.25, 0.3) is 5.91 Å². The Labute approximate surface area is 106 Å². The first-order chi connectivity index (χ1) is 8.84. The molecule has 0 aliphatic carbocycles. The summed E-state index contributed by atoms with van der Waals surface area (Å²) in [7, 11) is 0. The Hall–Kier alpha value is -1.75. The summed E-state index contributed by atoms with van der Waals surface area (Å²) in [5.74, 6) is 1.45. The summed E-state index contributed by atoms with van der Waals surface area (Å²) in [5.41, 5.74) is 0.668. The van der Waals surface area contributed by atoms with Gasteiger partial charge < -0.3 is 19.7 Å². The number of benzene rings is 1. The summed E-state index contributed by atoms with van der Waals surface area (Å²) in [4.78, 5) is 14.2. The van der Waals surface area contributed by atoms with Crippen molar-refractivity contribution in [3.8, 4) is 11.5 Å². The second kappa shape index (κ2) is 4.86. The molecule has 0 spiro atoms. The van der Waals surface area contributed by atoms with Crippen LogP contribution in [0.3, 0.4) is 0 Å². The molecule has 1 aromatic carbocycles. The zero-order valence-corrected chi connectivity index (χ0v) is 10.1. The van der Waals surface area contributed by atoms with Gasteiger partial charge in [-0.15, -0.1) is 0 Å². The summed E-state index contributed by atoms with van der Waals surface area (Å²) in [6.07, 6.45) is 0. The highest BCUT2D eigenvalue weighted by Gasteiger charge is 2.20. The zero-order valence-electron chi connectivity index (χ0n) is 10.1. The maximum absolute atomic E-state index is 12.3. The molecular formula is C13H16N2O3.